The van der Waals surface area contributed by atoms with Gasteiger partial charge < -0.3 is 19.8 Å². The molecular formula is C29H26ClFN4O4S. The fourth-order valence-electron chi connectivity index (χ4n) is 3.82. The van der Waals surface area contributed by atoms with Gasteiger partial charge in [-0.05, 0) is 66.2 Å². The molecule has 0 bridgehead atoms. The Morgan fingerprint density at radius 3 is 2.83 bits per heavy atom. The van der Waals surface area contributed by atoms with Crippen LogP contribution >= 0.6 is 11.6 Å². The first kappa shape index (κ1) is 23.9. The molecule has 0 spiro atoms. The van der Waals surface area contributed by atoms with Crippen LogP contribution in [-0.4, -0.2) is 36.9 Å². The molecule has 0 saturated heterocycles. The van der Waals surface area contributed by atoms with Crippen LogP contribution in [0.3, 0.4) is 0 Å². The lowest BCUT2D eigenvalue weighted by Crippen LogP contribution is -2.21. The molecule has 5 rings (SSSR count). The fraction of sp³-hybridized carbons (Fsp3) is 0.172. The second-order valence-electron chi connectivity index (χ2n) is 8.91. The number of furan rings is 1. The summed E-state index contributed by atoms with van der Waals surface area (Å²) in [6, 6.07) is 16.9. The quantitative estimate of drug-likeness (QED) is 0.179. The highest BCUT2D eigenvalue weighted by molar-refractivity contribution is 7.90. The van der Waals surface area contributed by atoms with Gasteiger partial charge in [0.1, 0.15) is 51.6 Å². The molecule has 0 radical (unpaired) electrons. The molecule has 5 aromatic rings. The van der Waals surface area contributed by atoms with Crippen molar-refractivity contribution in [2.75, 3.05) is 23.9 Å². The van der Waals surface area contributed by atoms with E-state index in [9.17, 15) is 12.8 Å². The van der Waals surface area contributed by atoms with E-state index in [-0.39, 0.29) is 22.1 Å². The number of aromatic nitrogens is 2. The monoisotopic (exact) mass is 583 g/mol. The molecular weight excluding hydrogens is 555 g/mol. The van der Waals surface area contributed by atoms with Crippen LogP contribution in [0.1, 0.15) is 15.4 Å². The summed E-state index contributed by atoms with van der Waals surface area (Å²) in [6.07, 6.45) is 2.61. The number of ether oxygens (including phenoxy) is 1. The third-order valence-electron chi connectivity index (χ3n) is 5.76. The van der Waals surface area contributed by atoms with E-state index in [4.69, 9.17) is 24.9 Å². The lowest BCUT2D eigenvalue weighted by molar-refractivity contribution is 0.306. The summed E-state index contributed by atoms with van der Waals surface area (Å²) >= 11 is 6.42. The third kappa shape index (κ3) is 7.15. The average Bonchev–Trinajstić information content (AvgIpc) is 3.42. The molecule has 40 heavy (non-hydrogen) atoms. The summed E-state index contributed by atoms with van der Waals surface area (Å²) in [7, 11) is -3.05. The number of halogens is 2. The zero-order chi connectivity index (χ0) is 30.8. The summed E-state index contributed by atoms with van der Waals surface area (Å²) in [5.41, 5.74) is 1.73. The van der Waals surface area contributed by atoms with Crippen LogP contribution in [0.15, 0.2) is 83.5 Å². The SMILES string of the molecule is [2H]c1c(F)cccc1C([2H])([2H])Oc1ccc(Nc2ncnc3ccc(-c4ccc(CNCCS(C)(=O)=O)o4)cc23)cc1Cl. The van der Waals surface area contributed by atoms with Crippen LogP contribution in [0.25, 0.3) is 22.2 Å². The molecule has 8 nitrogen and oxygen atoms in total. The van der Waals surface area contributed by atoms with E-state index >= 15 is 0 Å². The normalized spacial score (nSPS) is 13.0. The Hall–Kier alpha value is -3.99. The number of sulfone groups is 1. The van der Waals surface area contributed by atoms with Gasteiger partial charge in [-0.3, -0.25) is 0 Å². The Kier molecular flexibility index (Phi) is 7.18. The molecule has 11 heteroatoms. The first-order chi connectivity index (χ1) is 20.4. The molecule has 2 heterocycles. The van der Waals surface area contributed by atoms with Crippen LogP contribution in [0.2, 0.25) is 5.02 Å². The fourth-order valence-corrected chi connectivity index (χ4v) is 4.55. The van der Waals surface area contributed by atoms with Crippen molar-refractivity contribution in [1.82, 2.24) is 15.3 Å². The van der Waals surface area contributed by atoms with Gasteiger partial charge in [-0.15, -0.1) is 0 Å². The molecule has 2 aromatic heterocycles. The summed E-state index contributed by atoms with van der Waals surface area (Å²) in [5.74, 6) is 0.949. The number of nitrogens with zero attached hydrogens (tertiary/aromatic N) is 2. The maximum absolute atomic E-state index is 13.8. The van der Waals surface area contributed by atoms with Crippen molar-refractivity contribution in [3.63, 3.8) is 0 Å². The van der Waals surface area contributed by atoms with E-state index in [0.717, 1.165) is 11.6 Å². The molecule has 206 valence electrons. The molecule has 0 amide bonds. The molecule has 0 aliphatic rings. The second-order valence-corrected chi connectivity index (χ2v) is 11.6. The number of hydrogen-bond acceptors (Lipinski definition) is 8. The zero-order valence-electron chi connectivity index (χ0n) is 24.2. The van der Waals surface area contributed by atoms with Crippen molar-refractivity contribution in [2.45, 2.75) is 13.1 Å². The van der Waals surface area contributed by atoms with Gasteiger partial charge in [-0.1, -0.05) is 23.7 Å². The van der Waals surface area contributed by atoms with E-state index in [0.29, 0.717) is 47.0 Å². The first-order valence-corrected chi connectivity index (χ1v) is 14.6. The average molecular weight is 584 g/mol. The second kappa shape index (κ2) is 12.0. The number of nitrogens with one attached hydrogen (secondary N) is 2. The Labute approximate surface area is 240 Å². The van der Waals surface area contributed by atoms with Crippen LogP contribution in [0, 0.1) is 5.82 Å². The Bertz CT molecular complexity index is 1910. The van der Waals surface area contributed by atoms with E-state index in [1.807, 2.05) is 30.3 Å². The summed E-state index contributed by atoms with van der Waals surface area (Å²) < 4.78 is 72.2. The van der Waals surface area contributed by atoms with Gasteiger partial charge in [0.25, 0.3) is 0 Å². The lowest BCUT2D eigenvalue weighted by Gasteiger charge is -2.12. The summed E-state index contributed by atoms with van der Waals surface area (Å²) in [5, 5.41) is 7.05. The van der Waals surface area contributed by atoms with Crippen molar-refractivity contribution in [1.29, 1.82) is 0 Å². The number of benzene rings is 3. The Balaban J connectivity index is 1.33. The number of rotatable bonds is 11. The number of fused-ring (bicyclic) bond motifs is 1. The van der Waals surface area contributed by atoms with Gasteiger partial charge in [0.15, 0.2) is 0 Å². The maximum Gasteiger partial charge on any atom is 0.148 e. The predicted octanol–water partition coefficient (Wildman–Crippen LogP) is 6.14. The first-order valence-electron chi connectivity index (χ1n) is 13.6. The number of hydrogen-bond donors (Lipinski definition) is 2. The van der Waals surface area contributed by atoms with Crippen LogP contribution in [0.5, 0.6) is 5.75 Å². The summed E-state index contributed by atoms with van der Waals surface area (Å²) in [4.78, 5) is 8.71. The van der Waals surface area contributed by atoms with E-state index < -0.39 is 28.3 Å². The highest BCUT2D eigenvalue weighted by atomic mass is 35.5. The lowest BCUT2D eigenvalue weighted by atomic mass is 10.1. The van der Waals surface area contributed by atoms with Gasteiger partial charge in [0.05, 0.1) is 26.9 Å². The highest BCUT2D eigenvalue weighted by Gasteiger charge is 2.11. The van der Waals surface area contributed by atoms with Crippen molar-refractivity contribution in [2.24, 2.45) is 0 Å². The van der Waals surface area contributed by atoms with Gasteiger partial charge in [0.2, 0.25) is 0 Å². The standard InChI is InChI=1S/C29H26ClFN4O4S/c1-40(36,37)12-11-32-16-23-7-10-27(39-23)20-5-8-26-24(14-20)29(34-18-33-26)35-22-6-9-28(25(30)15-22)38-17-19-3-2-4-21(31)13-19/h2-10,13-15,18,32H,11-12,16-17H2,1H3,(H,33,34,35)/i13D,17D2. The van der Waals surface area contributed by atoms with Gasteiger partial charge in [0, 0.05) is 29.4 Å². The molecule has 0 unspecified atom stereocenters. The topological polar surface area (TPSA) is 106 Å². The van der Waals surface area contributed by atoms with Gasteiger partial charge >= 0.3 is 0 Å². The minimum atomic E-state index is -3.05. The van der Waals surface area contributed by atoms with Gasteiger partial charge in [-0.25, -0.2) is 22.8 Å². The Morgan fingerprint density at radius 1 is 1.12 bits per heavy atom. The molecule has 0 fully saturated rings. The molecule has 0 atom stereocenters. The van der Waals surface area contributed by atoms with Crippen LogP contribution in [0.4, 0.5) is 15.9 Å². The summed E-state index contributed by atoms with van der Waals surface area (Å²) in [6.45, 7) is -1.80. The molecule has 0 aliphatic carbocycles. The van der Waals surface area contributed by atoms with E-state index in [2.05, 4.69) is 20.6 Å². The third-order valence-corrected chi connectivity index (χ3v) is 7.00. The maximum atomic E-state index is 13.8. The van der Waals surface area contributed by atoms with Crippen molar-refractivity contribution >= 4 is 43.8 Å². The number of anilines is 2. The van der Waals surface area contributed by atoms with Crippen LogP contribution < -0.4 is 15.4 Å². The van der Waals surface area contributed by atoms with E-state index in [1.165, 1.54) is 36.8 Å². The molecule has 2 N–H and O–H groups in total. The molecule has 0 saturated carbocycles. The van der Waals surface area contributed by atoms with Crippen molar-refractivity contribution in [3.8, 4) is 17.1 Å². The van der Waals surface area contributed by atoms with Gasteiger partial charge in [-0.2, -0.15) is 0 Å². The predicted molar refractivity (Wildman–Crippen MR) is 154 cm³/mol. The molecule has 3 aromatic carbocycles. The zero-order valence-corrected chi connectivity index (χ0v) is 22.8. The van der Waals surface area contributed by atoms with Crippen LogP contribution in [-0.2, 0) is 22.9 Å². The Morgan fingerprint density at radius 2 is 2.00 bits per heavy atom. The largest absolute Gasteiger partial charge is 0.487 e. The highest BCUT2D eigenvalue weighted by Crippen LogP contribution is 2.32. The van der Waals surface area contributed by atoms with Crippen molar-refractivity contribution < 1.29 is 26.1 Å². The minimum absolute atomic E-state index is 0.00939. The smallest absolute Gasteiger partial charge is 0.148 e. The van der Waals surface area contributed by atoms with Crippen molar-refractivity contribution in [3.05, 3.63) is 101 Å². The minimum Gasteiger partial charge on any atom is -0.487 e. The van der Waals surface area contributed by atoms with E-state index in [1.54, 1.807) is 6.07 Å². The molecule has 0 aliphatic heterocycles.